The fraction of sp³-hybridized carbons (Fsp3) is 0.375. The van der Waals surface area contributed by atoms with Gasteiger partial charge in [0.1, 0.15) is 5.76 Å². The number of aryl methyl sites for hydroxylation is 1. The molecule has 64 valence electrons. The van der Waals surface area contributed by atoms with E-state index in [0.29, 0.717) is 18.4 Å². The third-order valence-corrected chi connectivity index (χ3v) is 1.22. The standard InChI is InChI=1S/C8H8ClNO2/c1-7-6-8(10-12-7)11-5-3-2-4-9/h6H,4-5H2,1H3. The molecule has 0 spiro atoms. The third kappa shape index (κ3) is 2.85. The van der Waals surface area contributed by atoms with E-state index in [0.717, 1.165) is 5.76 Å². The maximum Gasteiger partial charge on any atom is 0.255 e. The first-order chi connectivity index (χ1) is 5.83. The lowest BCUT2D eigenvalue weighted by molar-refractivity contribution is 0.309. The van der Waals surface area contributed by atoms with Gasteiger partial charge in [-0.2, -0.15) is 0 Å². The Hall–Kier alpha value is -1.14. The van der Waals surface area contributed by atoms with Crippen LogP contribution in [-0.2, 0) is 0 Å². The van der Waals surface area contributed by atoms with Gasteiger partial charge in [0.2, 0.25) is 0 Å². The molecular weight excluding hydrogens is 178 g/mol. The van der Waals surface area contributed by atoms with E-state index in [9.17, 15) is 0 Å². The van der Waals surface area contributed by atoms with E-state index >= 15 is 0 Å². The average molecular weight is 186 g/mol. The highest BCUT2D eigenvalue weighted by Crippen LogP contribution is 2.08. The van der Waals surface area contributed by atoms with Crippen molar-refractivity contribution in [3.8, 4) is 17.7 Å². The molecule has 0 unspecified atom stereocenters. The fourth-order valence-electron chi connectivity index (χ4n) is 0.620. The lowest BCUT2D eigenvalue weighted by Gasteiger charge is -1.91. The Morgan fingerprint density at radius 2 is 2.50 bits per heavy atom. The van der Waals surface area contributed by atoms with Crippen molar-refractivity contribution < 1.29 is 9.26 Å². The molecule has 0 aliphatic carbocycles. The molecule has 0 aliphatic rings. The quantitative estimate of drug-likeness (QED) is 0.519. The Morgan fingerprint density at radius 1 is 1.67 bits per heavy atom. The van der Waals surface area contributed by atoms with Crippen molar-refractivity contribution >= 4 is 11.6 Å². The van der Waals surface area contributed by atoms with Crippen LogP contribution in [0.15, 0.2) is 10.6 Å². The van der Waals surface area contributed by atoms with Crippen molar-refractivity contribution in [3.63, 3.8) is 0 Å². The maximum atomic E-state index is 5.32. The molecule has 0 bridgehead atoms. The van der Waals surface area contributed by atoms with Crippen LogP contribution in [0.25, 0.3) is 0 Å². The van der Waals surface area contributed by atoms with Crippen LogP contribution in [0.1, 0.15) is 5.76 Å². The number of halogens is 1. The topological polar surface area (TPSA) is 35.3 Å². The van der Waals surface area contributed by atoms with Crippen molar-refractivity contribution in [1.29, 1.82) is 0 Å². The largest absolute Gasteiger partial charge is 0.462 e. The number of nitrogens with zero attached hydrogens (tertiary/aromatic N) is 1. The molecular formula is C8H8ClNO2. The van der Waals surface area contributed by atoms with Crippen LogP contribution >= 0.6 is 11.6 Å². The Kier molecular flexibility index (Phi) is 3.49. The van der Waals surface area contributed by atoms with E-state index in [1.54, 1.807) is 13.0 Å². The Balaban J connectivity index is 2.33. The second-order valence-electron chi connectivity index (χ2n) is 2.05. The molecule has 12 heavy (non-hydrogen) atoms. The van der Waals surface area contributed by atoms with E-state index < -0.39 is 0 Å². The lowest BCUT2D eigenvalue weighted by Crippen LogP contribution is -1.93. The molecule has 0 amide bonds. The molecule has 1 rings (SSSR count). The first-order valence-corrected chi connectivity index (χ1v) is 3.94. The predicted molar refractivity (Wildman–Crippen MR) is 45.2 cm³/mol. The van der Waals surface area contributed by atoms with E-state index in [1.807, 2.05) is 0 Å². The number of hydrogen-bond donors (Lipinski definition) is 0. The molecule has 0 radical (unpaired) electrons. The molecule has 0 aliphatic heterocycles. The maximum absolute atomic E-state index is 5.32. The van der Waals surface area contributed by atoms with Crippen molar-refractivity contribution in [3.05, 3.63) is 11.8 Å². The molecule has 0 saturated carbocycles. The number of alkyl halides is 1. The van der Waals surface area contributed by atoms with Gasteiger partial charge in [-0.15, -0.1) is 11.6 Å². The molecule has 1 aromatic heterocycles. The molecule has 4 heteroatoms. The van der Waals surface area contributed by atoms with Gasteiger partial charge in [0.05, 0.1) is 5.88 Å². The number of rotatable bonds is 2. The highest BCUT2D eigenvalue weighted by atomic mass is 35.5. The minimum atomic E-state index is 0.290. The van der Waals surface area contributed by atoms with Gasteiger partial charge in [-0.25, -0.2) is 0 Å². The molecule has 0 saturated heterocycles. The predicted octanol–water partition coefficient (Wildman–Crippen LogP) is 1.60. The highest BCUT2D eigenvalue weighted by Gasteiger charge is 1.97. The Bertz CT molecular complexity index is 297. The summed E-state index contributed by atoms with van der Waals surface area (Å²) in [5.74, 6) is 6.86. The van der Waals surface area contributed by atoms with Gasteiger partial charge in [-0.1, -0.05) is 11.8 Å². The number of aromatic nitrogens is 1. The van der Waals surface area contributed by atoms with Crippen LogP contribution in [0.2, 0.25) is 0 Å². The van der Waals surface area contributed by atoms with Gasteiger partial charge in [-0.3, -0.25) is 0 Å². The van der Waals surface area contributed by atoms with Crippen LogP contribution < -0.4 is 4.74 Å². The van der Waals surface area contributed by atoms with E-state index in [1.165, 1.54) is 0 Å². The van der Waals surface area contributed by atoms with Gasteiger partial charge >= 0.3 is 0 Å². The second-order valence-corrected chi connectivity index (χ2v) is 2.32. The SMILES string of the molecule is Cc1cc(OCC#CCCl)no1. The number of ether oxygens (including phenoxy) is 1. The van der Waals surface area contributed by atoms with E-state index in [4.69, 9.17) is 20.9 Å². The highest BCUT2D eigenvalue weighted by molar-refractivity contribution is 6.19. The normalized spacial score (nSPS) is 8.83. The van der Waals surface area contributed by atoms with Crippen LogP contribution in [-0.4, -0.2) is 17.6 Å². The summed E-state index contributed by atoms with van der Waals surface area (Å²) < 4.78 is 9.86. The molecule has 3 nitrogen and oxygen atoms in total. The molecule has 1 heterocycles. The van der Waals surface area contributed by atoms with Crippen LogP contribution in [0.4, 0.5) is 0 Å². The molecule has 0 atom stereocenters. The first kappa shape index (κ1) is 8.95. The molecule has 1 aromatic rings. The van der Waals surface area contributed by atoms with Gasteiger partial charge < -0.3 is 9.26 Å². The zero-order chi connectivity index (χ0) is 8.81. The van der Waals surface area contributed by atoms with Crippen molar-refractivity contribution in [2.24, 2.45) is 0 Å². The minimum Gasteiger partial charge on any atom is -0.462 e. The minimum absolute atomic E-state index is 0.290. The molecule has 0 aromatic carbocycles. The molecule has 0 N–H and O–H groups in total. The summed E-state index contributed by atoms with van der Waals surface area (Å²) in [4.78, 5) is 0. The van der Waals surface area contributed by atoms with Crippen molar-refractivity contribution in [1.82, 2.24) is 5.16 Å². The third-order valence-electron chi connectivity index (χ3n) is 1.09. The Morgan fingerprint density at radius 3 is 3.08 bits per heavy atom. The van der Waals surface area contributed by atoms with Crippen LogP contribution in [0.3, 0.4) is 0 Å². The smallest absolute Gasteiger partial charge is 0.255 e. The first-order valence-electron chi connectivity index (χ1n) is 3.40. The fourth-order valence-corrected chi connectivity index (χ4v) is 0.714. The summed E-state index contributed by atoms with van der Waals surface area (Å²) in [6.45, 7) is 2.09. The van der Waals surface area contributed by atoms with Gasteiger partial charge in [-0.05, 0) is 12.1 Å². The summed E-state index contributed by atoms with van der Waals surface area (Å²) in [6, 6.07) is 1.70. The summed E-state index contributed by atoms with van der Waals surface area (Å²) in [6.07, 6.45) is 0. The monoisotopic (exact) mass is 185 g/mol. The van der Waals surface area contributed by atoms with Gasteiger partial charge in [0.25, 0.3) is 5.88 Å². The summed E-state index contributed by atoms with van der Waals surface area (Å²) >= 11 is 5.32. The average Bonchev–Trinajstić information content (AvgIpc) is 2.45. The molecule has 0 fully saturated rings. The van der Waals surface area contributed by atoms with E-state index in [-0.39, 0.29) is 0 Å². The summed E-state index contributed by atoms with van der Waals surface area (Å²) in [7, 11) is 0. The van der Waals surface area contributed by atoms with Crippen molar-refractivity contribution in [2.75, 3.05) is 12.5 Å². The van der Waals surface area contributed by atoms with Gasteiger partial charge in [0.15, 0.2) is 6.61 Å². The Labute approximate surface area is 75.6 Å². The zero-order valence-corrected chi connectivity index (χ0v) is 7.39. The number of hydrogen-bond acceptors (Lipinski definition) is 3. The summed E-state index contributed by atoms with van der Waals surface area (Å²) in [5.41, 5.74) is 0. The second kappa shape index (κ2) is 4.68. The summed E-state index contributed by atoms with van der Waals surface area (Å²) in [5, 5.41) is 3.62. The van der Waals surface area contributed by atoms with Crippen molar-refractivity contribution in [2.45, 2.75) is 6.92 Å². The van der Waals surface area contributed by atoms with E-state index in [2.05, 4.69) is 17.0 Å². The lowest BCUT2D eigenvalue weighted by atomic mass is 10.5. The van der Waals surface area contributed by atoms with Crippen LogP contribution in [0, 0.1) is 18.8 Å². The zero-order valence-electron chi connectivity index (χ0n) is 6.63. The van der Waals surface area contributed by atoms with Crippen LogP contribution in [0.5, 0.6) is 5.88 Å². The van der Waals surface area contributed by atoms with Gasteiger partial charge in [0, 0.05) is 6.07 Å².